The van der Waals surface area contributed by atoms with Crippen LogP contribution in [-0.4, -0.2) is 34.2 Å². The number of hydrogen-bond donors (Lipinski definition) is 2. The van der Waals surface area contributed by atoms with E-state index in [1.54, 1.807) is 26.9 Å². The summed E-state index contributed by atoms with van der Waals surface area (Å²) < 4.78 is 10.8. The van der Waals surface area contributed by atoms with Crippen molar-refractivity contribution in [3.63, 3.8) is 0 Å². The molecule has 0 aliphatic rings. The Balaban J connectivity index is 0.000000201. The summed E-state index contributed by atoms with van der Waals surface area (Å²) >= 11 is 0. The van der Waals surface area contributed by atoms with Crippen molar-refractivity contribution in [2.24, 2.45) is 0 Å². The summed E-state index contributed by atoms with van der Waals surface area (Å²) in [5, 5.41) is 0. The SMILES string of the molecule is CCc1cc(OC)cc(CC)c1Cc1c[nH]cn1.CCc1ccc(OC)c(CC)c1Cc1c[nH]cn1. The van der Waals surface area contributed by atoms with E-state index in [0.717, 1.165) is 61.4 Å². The van der Waals surface area contributed by atoms with Gasteiger partial charge >= 0.3 is 0 Å². The number of ether oxygens (including phenoxy) is 2. The van der Waals surface area contributed by atoms with Gasteiger partial charge in [0.15, 0.2) is 0 Å². The van der Waals surface area contributed by atoms with Crippen LogP contribution in [0.3, 0.4) is 0 Å². The number of hydrogen-bond acceptors (Lipinski definition) is 4. The first-order valence-corrected chi connectivity index (χ1v) is 12.9. The van der Waals surface area contributed by atoms with Gasteiger partial charge in [-0.2, -0.15) is 0 Å². The lowest BCUT2D eigenvalue weighted by Crippen LogP contribution is -2.03. The molecule has 0 radical (unpaired) electrons. The van der Waals surface area contributed by atoms with Crippen LogP contribution in [0, 0.1) is 0 Å². The topological polar surface area (TPSA) is 75.8 Å². The van der Waals surface area contributed by atoms with Gasteiger partial charge < -0.3 is 19.4 Å². The standard InChI is InChI=1S/2C15H20N2O/c1-4-11-6-14(18-3)7-12(5-2)15(11)8-13-9-16-10-17-13;1-4-11-6-7-15(18-3)13(5-2)14(11)8-12-9-16-10-17-12/h2*6-7,9-10H,4-5,8H2,1-3H3,(H,16,17). The van der Waals surface area contributed by atoms with Crippen molar-refractivity contribution in [3.05, 3.63) is 94.1 Å². The highest BCUT2D eigenvalue weighted by Crippen LogP contribution is 2.28. The molecule has 0 aliphatic heterocycles. The number of nitrogens with zero attached hydrogens (tertiary/aromatic N) is 2. The Morgan fingerprint density at radius 3 is 1.61 bits per heavy atom. The first kappa shape index (κ1) is 27.1. The van der Waals surface area contributed by atoms with E-state index in [4.69, 9.17) is 9.47 Å². The number of benzene rings is 2. The minimum Gasteiger partial charge on any atom is -0.497 e. The maximum atomic E-state index is 5.47. The van der Waals surface area contributed by atoms with Crippen molar-refractivity contribution in [1.29, 1.82) is 0 Å². The van der Waals surface area contributed by atoms with Crippen LogP contribution < -0.4 is 9.47 Å². The number of rotatable bonds is 10. The molecule has 2 N–H and O–H groups in total. The molecule has 2 heterocycles. The van der Waals surface area contributed by atoms with Crippen molar-refractivity contribution < 1.29 is 9.47 Å². The predicted octanol–water partition coefficient (Wildman–Crippen LogP) is 6.27. The monoisotopic (exact) mass is 488 g/mol. The van der Waals surface area contributed by atoms with Gasteiger partial charge in [0.2, 0.25) is 0 Å². The second kappa shape index (κ2) is 13.5. The van der Waals surface area contributed by atoms with Gasteiger partial charge in [-0.15, -0.1) is 0 Å². The Morgan fingerprint density at radius 2 is 1.19 bits per heavy atom. The molecule has 0 aliphatic carbocycles. The molecule has 0 saturated carbocycles. The maximum Gasteiger partial charge on any atom is 0.122 e. The van der Waals surface area contributed by atoms with Crippen LogP contribution in [0.25, 0.3) is 0 Å². The van der Waals surface area contributed by atoms with E-state index in [1.807, 2.05) is 12.4 Å². The molecule has 0 bridgehead atoms. The molecule has 6 heteroatoms. The molecule has 0 unspecified atom stereocenters. The van der Waals surface area contributed by atoms with Crippen molar-refractivity contribution in [3.8, 4) is 11.5 Å². The molecule has 4 rings (SSSR count). The van der Waals surface area contributed by atoms with Crippen molar-refractivity contribution >= 4 is 0 Å². The van der Waals surface area contributed by atoms with Gasteiger partial charge in [-0.25, -0.2) is 9.97 Å². The highest BCUT2D eigenvalue weighted by Gasteiger charge is 2.13. The number of imidazole rings is 2. The molecule has 2 aromatic heterocycles. The summed E-state index contributed by atoms with van der Waals surface area (Å²) in [6.07, 6.45) is 13.2. The number of aryl methyl sites for hydroxylation is 3. The van der Waals surface area contributed by atoms with Crippen molar-refractivity contribution in [1.82, 2.24) is 19.9 Å². The fourth-order valence-electron chi connectivity index (χ4n) is 4.73. The lowest BCUT2D eigenvalue weighted by Gasteiger charge is -2.16. The molecule has 0 saturated heterocycles. The van der Waals surface area contributed by atoms with Crippen LogP contribution in [0.4, 0.5) is 0 Å². The van der Waals surface area contributed by atoms with Gasteiger partial charge in [0.1, 0.15) is 11.5 Å². The molecule has 2 aromatic carbocycles. The summed E-state index contributed by atoms with van der Waals surface area (Å²) in [6, 6.07) is 8.52. The third-order valence-corrected chi connectivity index (χ3v) is 6.67. The quantitative estimate of drug-likeness (QED) is 0.276. The van der Waals surface area contributed by atoms with Gasteiger partial charge in [0.25, 0.3) is 0 Å². The Hall–Kier alpha value is -3.54. The third kappa shape index (κ3) is 6.56. The minimum absolute atomic E-state index is 0.868. The highest BCUT2D eigenvalue weighted by molar-refractivity contribution is 5.47. The third-order valence-electron chi connectivity index (χ3n) is 6.67. The Labute approximate surface area is 215 Å². The minimum atomic E-state index is 0.868. The molecule has 192 valence electrons. The van der Waals surface area contributed by atoms with E-state index >= 15 is 0 Å². The Morgan fingerprint density at radius 1 is 0.639 bits per heavy atom. The molecule has 0 amide bonds. The second-order valence-electron chi connectivity index (χ2n) is 8.70. The number of H-pyrrole nitrogens is 2. The average molecular weight is 489 g/mol. The van der Waals surface area contributed by atoms with Gasteiger partial charge in [0.05, 0.1) is 38.3 Å². The molecule has 0 fully saturated rings. The highest BCUT2D eigenvalue weighted by atomic mass is 16.5. The molecule has 0 spiro atoms. The largest absolute Gasteiger partial charge is 0.497 e. The Kier molecular flexibility index (Phi) is 10.2. The van der Waals surface area contributed by atoms with Crippen LogP contribution in [0.2, 0.25) is 0 Å². The average Bonchev–Trinajstić information content (AvgIpc) is 3.63. The summed E-state index contributed by atoms with van der Waals surface area (Å²) in [6.45, 7) is 8.73. The predicted molar refractivity (Wildman–Crippen MR) is 146 cm³/mol. The number of aromatic amines is 2. The zero-order valence-corrected chi connectivity index (χ0v) is 22.6. The lowest BCUT2D eigenvalue weighted by atomic mass is 9.93. The van der Waals surface area contributed by atoms with E-state index in [1.165, 1.54) is 33.4 Å². The summed E-state index contributed by atoms with van der Waals surface area (Å²) in [5.74, 6) is 1.94. The normalized spacial score (nSPS) is 10.6. The van der Waals surface area contributed by atoms with Gasteiger partial charge in [-0.05, 0) is 77.3 Å². The fourth-order valence-corrected chi connectivity index (χ4v) is 4.73. The summed E-state index contributed by atoms with van der Waals surface area (Å²) in [5.41, 5.74) is 10.3. The number of nitrogens with one attached hydrogen (secondary N) is 2. The molecule has 0 atom stereocenters. The summed E-state index contributed by atoms with van der Waals surface area (Å²) in [7, 11) is 3.46. The molecular weight excluding hydrogens is 448 g/mol. The van der Waals surface area contributed by atoms with E-state index in [2.05, 4.69) is 71.9 Å². The molecule has 4 aromatic rings. The van der Waals surface area contributed by atoms with E-state index in [9.17, 15) is 0 Å². The van der Waals surface area contributed by atoms with Crippen LogP contribution in [0.15, 0.2) is 49.3 Å². The Bertz CT molecular complexity index is 1170. The van der Waals surface area contributed by atoms with Crippen LogP contribution in [0.5, 0.6) is 11.5 Å². The molecular formula is C30H40N4O2. The van der Waals surface area contributed by atoms with Crippen LogP contribution in [-0.2, 0) is 38.5 Å². The van der Waals surface area contributed by atoms with Gasteiger partial charge in [0, 0.05) is 25.2 Å². The fraction of sp³-hybridized carbons (Fsp3) is 0.400. The zero-order chi connectivity index (χ0) is 25.9. The van der Waals surface area contributed by atoms with E-state index in [-0.39, 0.29) is 0 Å². The smallest absolute Gasteiger partial charge is 0.122 e. The molecule has 6 nitrogen and oxygen atoms in total. The van der Waals surface area contributed by atoms with Crippen LogP contribution in [0.1, 0.15) is 72.5 Å². The second-order valence-corrected chi connectivity index (χ2v) is 8.70. The zero-order valence-electron chi connectivity index (χ0n) is 22.6. The maximum absolute atomic E-state index is 5.47. The van der Waals surface area contributed by atoms with E-state index < -0.39 is 0 Å². The first-order chi connectivity index (χ1) is 17.6. The van der Waals surface area contributed by atoms with Crippen molar-refractivity contribution in [2.45, 2.75) is 66.2 Å². The van der Waals surface area contributed by atoms with Crippen molar-refractivity contribution in [2.75, 3.05) is 14.2 Å². The lowest BCUT2D eigenvalue weighted by molar-refractivity contribution is 0.409. The van der Waals surface area contributed by atoms with E-state index in [0.29, 0.717) is 0 Å². The van der Waals surface area contributed by atoms with Gasteiger partial charge in [-0.3, -0.25) is 0 Å². The first-order valence-electron chi connectivity index (χ1n) is 12.9. The summed E-state index contributed by atoms with van der Waals surface area (Å²) in [4.78, 5) is 14.7. The number of aromatic nitrogens is 4. The molecule has 36 heavy (non-hydrogen) atoms. The van der Waals surface area contributed by atoms with Gasteiger partial charge in [-0.1, -0.05) is 33.8 Å². The number of methoxy groups -OCH3 is 2. The van der Waals surface area contributed by atoms with Crippen LogP contribution >= 0.6 is 0 Å².